The Labute approximate surface area is 381 Å². The van der Waals surface area contributed by atoms with Crippen LogP contribution >= 0.6 is 0 Å². The lowest BCUT2D eigenvalue weighted by molar-refractivity contribution is -0.187. The van der Waals surface area contributed by atoms with Crippen LogP contribution in [-0.2, 0) is 31.9 Å². The normalized spacial score (nSPS) is 20.7. The van der Waals surface area contributed by atoms with Gasteiger partial charge in [-0.15, -0.1) is 0 Å². The number of hydrogen-bond donors (Lipinski definition) is 4. The summed E-state index contributed by atoms with van der Waals surface area (Å²) in [7, 11) is 2.25. The molecule has 0 spiro atoms. The summed E-state index contributed by atoms with van der Waals surface area (Å²) in [4.78, 5) is 69.6. The molecule has 0 unspecified atom stereocenters. The molecule has 6 atom stereocenters. The van der Waals surface area contributed by atoms with Gasteiger partial charge in [0.2, 0.25) is 11.8 Å². The highest BCUT2D eigenvalue weighted by Crippen LogP contribution is 2.46. The lowest BCUT2D eigenvalue weighted by Crippen LogP contribution is -2.55. The number of carbonyl (C=O) groups excluding carboxylic acids is 4. The number of nitrogens with one attached hydrogen (secondary N) is 4. The number of likely N-dealkylation sites (tertiary alicyclic amines) is 2. The summed E-state index contributed by atoms with van der Waals surface area (Å²) in [5, 5.41) is 6.48. The number of rotatable bonds is 10. The summed E-state index contributed by atoms with van der Waals surface area (Å²) in [5.41, 5.74) is 6.60. The smallest absolute Gasteiger partial charge is 0.408 e. The number of halogens is 6. The van der Waals surface area contributed by atoms with E-state index in [0.29, 0.717) is 16.7 Å². The summed E-state index contributed by atoms with van der Waals surface area (Å²) in [6, 6.07) is 6.96. The van der Waals surface area contributed by atoms with E-state index in [1.54, 1.807) is 40.0 Å². The lowest BCUT2D eigenvalue weighted by atomic mass is 9.91. The number of H-pyrrole nitrogens is 2. The van der Waals surface area contributed by atoms with Crippen molar-refractivity contribution in [3.05, 3.63) is 71.4 Å². The predicted octanol–water partition coefficient (Wildman–Crippen LogP) is 9.07. The van der Waals surface area contributed by atoms with E-state index in [4.69, 9.17) is 4.98 Å². The maximum Gasteiger partial charge on any atom is 0.408 e. The number of aromatic amines is 2. The first-order valence-corrected chi connectivity index (χ1v) is 22.3. The number of ether oxygens (including phenoxy) is 2. The minimum Gasteiger partial charge on any atom is -0.453 e. The number of alkyl carbamates (subject to hydrolysis) is 2. The Bertz CT molecular complexity index is 2710. The number of carbonyl (C=O) groups is 4. The lowest BCUT2D eigenvalue weighted by Gasteiger charge is -2.34. The van der Waals surface area contributed by atoms with Gasteiger partial charge in [-0.3, -0.25) is 9.59 Å². The van der Waals surface area contributed by atoms with Crippen LogP contribution in [0.1, 0.15) is 88.2 Å². The fraction of sp³-hybridized carbons (Fsp3) is 0.489. The molecular formula is C47H52F6N8O6. The third-order valence-electron chi connectivity index (χ3n) is 13.5. The first-order valence-electron chi connectivity index (χ1n) is 22.3. The molecule has 20 heteroatoms. The van der Waals surface area contributed by atoms with Crippen molar-refractivity contribution in [1.82, 2.24) is 40.4 Å². The van der Waals surface area contributed by atoms with E-state index in [0.717, 1.165) is 81.9 Å². The zero-order chi connectivity index (χ0) is 48.3. The van der Waals surface area contributed by atoms with Crippen LogP contribution in [0.3, 0.4) is 0 Å². The van der Waals surface area contributed by atoms with Crippen LogP contribution in [0.15, 0.2) is 48.7 Å². The quantitative estimate of drug-likeness (QED) is 0.100. The number of aromatic nitrogens is 4. The third-order valence-corrected chi connectivity index (χ3v) is 13.5. The standard InChI is InChI=1S/C47H52F6N8O6/c1-22(2)37(58-44(64)66-5)42(62)60-21-26(46(48,49)50)19-35(60)40-54-20-33(56-40)31-14-13-27(29-8-7-9-30(29)31)24-10-12-28-25(18-24)11-15-32-39(28)57-41(55-32)34-16-17-36(47(51,52)53)61(34)43(63)38(23(3)4)59-45(65)67-6/h10-15,18,20,22-23,26,34-38H,7-9,16-17,19,21H2,1-6H3,(H,54,56)(H,55,57)(H,58,64)(H,59,65)/t26-,34-,35-,36+,37-,38-/m0/s1. The molecular weight excluding hydrogens is 887 g/mol. The van der Waals surface area contributed by atoms with Gasteiger partial charge in [0.25, 0.3) is 0 Å². The molecule has 5 aromatic rings. The number of nitrogens with zero attached hydrogens (tertiary/aromatic N) is 4. The first kappa shape index (κ1) is 47.2. The average Bonchev–Trinajstić information content (AvgIpc) is 4.14. The van der Waals surface area contributed by atoms with Gasteiger partial charge in [0.05, 0.1) is 55.1 Å². The number of hydrogen-bond acceptors (Lipinski definition) is 8. The molecule has 8 rings (SSSR count). The van der Waals surface area contributed by atoms with Crippen LogP contribution in [0.2, 0.25) is 0 Å². The van der Waals surface area contributed by atoms with E-state index in [1.165, 1.54) is 0 Å². The number of alkyl halides is 6. The molecule has 4 N–H and O–H groups in total. The van der Waals surface area contributed by atoms with Gasteiger partial charge in [-0.05, 0) is 90.1 Å². The Morgan fingerprint density at radius 3 is 2.03 bits per heavy atom. The highest BCUT2D eigenvalue weighted by atomic mass is 19.4. The van der Waals surface area contributed by atoms with Gasteiger partial charge in [-0.1, -0.05) is 58.0 Å². The zero-order valence-electron chi connectivity index (χ0n) is 37.7. The second kappa shape index (κ2) is 18.0. The van der Waals surface area contributed by atoms with E-state index >= 15 is 0 Å². The Kier molecular flexibility index (Phi) is 12.7. The van der Waals surface area contributed by atoms with Gasteiger partial charge in [-0.25, -0.2) is 19.6 Å². The van der Waals surface area contributed by atoms with Crippen molar-refractivity contribution in [2.75, 3.05) is 20.8 Å². The number of fused-ring (bicyclic) bond motifs is 4. The largest absolute Gasteiger partial charge is 0.453 e. The zero-order valence-corrected chi connectivity index (χ0v) is 37.7. The fourth-order valence-corrected chi connectivity index (χ4v) is 10.0. The van der Waals surface area contributed by atoms with Crippen molar-refractivity contribution < 1.29 is 55.0 Å². The van der Waals surface area contributed by atoms with Gasteiger partial charge in [0.15, 0.2) is 0 Å². The first-order chi connectivity index (χ1) is 31.7. The number of benzene rings is 3. The summed E-state index contributed by atoms with van der Waals surface area (Å²) >= 11 is 0. The number of amides is 4. The van der Waals surface area contributed by atoms with Crippen LogP contribution in [-0.4, -0.2) is 105 Å². The Morgan fingerprint density at radius 2 is 1.40 bits per heavy atom. The second-order valence-electron chi connectivity index (χ2n) is 18.3. The van der Waals surface area contributed by atoms with Crippen LogP contribution in [0.5, 0.6) is 0 Å². The molecule has 0 saturated carbocycles. The summed E-state index contributed by atoms with van der Waals surface area (Å²) in [6.45, 7) is 6.03. The van der Waals surface area contributed by atoms with Crippen LogP contribution < -0.4 is 10.6 Å². The van der Waals surface area contributed by atoms with Crippen molar-refractivity contribution in [1.29, 1.82) is 0 Å². The molecule has 0 radical (unpaired) electrons. The van der Waals surface area contributed by atoms with Crippen LogP contribution in [0.4, 0.5) is 35.9 Å². The van der Waals surface area contributed by atoms with Crippen LogP contribution in [0, 0.1) is 17.8 Å². The summed E-state index contributed by atoms with van der Waals surface area (Å²) < 4.78 is 95.2. The van der Waals surface area contributed by atoms with Crippen molar-refractivity contribution in [3.63, 3.8) is 0 Å². The van der Waals surface area contributed by atoms with Crippen molar-refractivity contribution in [2.45, 2.75) is 109 Å². The highest BCUT2D eigenvalue weighted by molar-refractivity contribution is 6.05. The minimum absolute atomic E-state index is 0.00598. The second-order valence-corrected chi connectivity index (χ2v) is 18.3. The van der Waals surface area contributed by atoms with Crippen molar-refractivity contribution in [2.24, 2.45) is 17.8 Å². The molecule has 358 valence electrons. The fourth-order valence-electron chi connectivity index (χ4n) is 10.0. The number of methoxy groups -OCH3 is 2. The van der Waals surface area contributed by atoms with Gasteiger partial charge >= 0.3 is 24.5 Å². The maximum absolute atomic E-state index is 14.5. The monoisotopic (exact) mass is 938 g/mol. The molecule has 2 aromatic heterocycles. The SMILES string of the molecule is COC(=O)N[C@H](C(=O)N1C[C@@H](C(F)(F)F)C[C@H]1c1ncc(-c2ccc(-c3ccc4c(ccc5nc([C@@H]6CC[C@H](C(F)(F)F)N6C(=O)[C@@H](NC(=O)OC)C(C)C)[nH]c54)c3)c3c2CCC3)[nH]1)C(C)C. The van der Waals surface area contributed by atoms with E-state index in [9.17, 15) is 45.5 Å². The molecule has 1 aliphatic carbocycles. The van der Waals surface area contributed by atoms with Crippen LogP contribution in [0.25, 0.3) is 44.2 Å². The maximum atomic E-state index is 14.5. The molecule has 4 heterocycles. The van der Waals surface area contributed by atoms with Gasteiger partial charge in [0, 0.05) is 17.5 Å². The Balaban J connectivity index is 1.08. The molecule has 2 saturated heterocycles. The molecule has 2 fully saturated rings. The Morgan fingerprint density at radius 1 is 0.761 bits per heavy atom. The molecule has 0 bridgehead atoms. The molecule has 3 aliphatic rings. The summed E-state index contributed by atoms with van der Waals surface area (Å²) in [6.07, 6.45) is -7.89. The molecule has 2 aliphatic heterocycles. The van der Waals surface area contributed by atoms with E-state index < -0.39 is 97.3 Å². The van der Waals surface area contributed by atoms with E-state index in [1.807, 2.05) is 36.4 Å². The molecule has 67 heavy (non-hydrogen) atoms. The van der Waals surface area contributed by atoms with Crippen molar-refractivity contribution >= 4 is 45.8 Å². The Hall–Kier alpha value is -6.34. The predicted molar refractivity (Wildman–Crippen MR) is 234 cm³/mol. The highest BCUT2D eigenvalue weighted by Gasteiger charge is 2.54. The third kappa shape index (κ3) is 8.98. The minimum atomic E-state index is -4.72. The van der Waals surface area contributed by atoms with Crippen molar-refractivity contribution in [3.8, 4) is 22.4 Å². The van der Waals surface area contributed by atoms with E-state index in [-0.39, 0.29) is 24.5 Å². The van der Waals surface area contributed by atoms with E-state index in [2.05, 4.69) is 35.1 Å². The summed E-state index contributed by atoms with van der Waals surface area (Å²) in [5.74, 6) is -3.93. The molecule has 4 amide bonds. The number of imidazole rings is 2. The topological polar surface area (TPSA) is 175 Å². The van der Waals surface area contributed by atoms with Gasteiger partial charge in [-0.2, -0.15) is 26.3 Å². The average molecular weight is 939 g/mol. The molecule has 3 aromatic carbocycles. The van der Waals surface area contributed by atoms with Gasteiger partial charge in [0.1, 0.15) is 29.8 Å². The molecule has 14 nitrogen and oxygen atoms in total. The van der Waals surface area contributed by atoms with Gasteiger partial charge < -0.3 is 39.9 Å².